The van der Waals surface area contributed by atoms with E-state index in [4.69, 9.17) is 9.47 Å². The molecule has 0 aliphatic carbocycles. The Bertz CT molecular complexity index is 1300. The second-order valence-electron chi connectivity index (χ2n) is 10.0. The van der Waals surface area contributed by atoms with Crippen LogP contribution in [-0.2, 0) is 16.1 Å². The van der Waals surface area contributed by atoms with Crippen LogP contribution in [0.5, 0.6) is 5.75 Å². The van der Waals surface area contributed by atoms with Gasteiger partial charge in [-0.1, -0.05) is 0 Å². The summed E-state index contributed by atoms with van der Waals surface area (Å²) in [6.45, 7) is 7.79. The van der Waals surface area contributed by atoms with Crippen LogP contribution in [0.3, 0.4) is 0 Å². The molecule has 2 aromatic heterocycles. The zero-order valence-corrected chi connectivity index (χ0v) is 21.7. The van der Waals surface area contributed by atoms with Crippen molar-refractivity contribution >= 4 is 16.9 Å². The van der Waals surface area contributed by atoms with Crippen LogP contribution in [0.4, 0.5) is 0 Å². The standard InChI is InChI=1S/C28H34N6O3/c1-20-17-22(3-4-24(20)37-16-8-21-6-14-36-15-7-21)27-23-5-9-34(28(23)31-25(18-29)30-27)19-26(35)33-12-10-32(2)11-13-33/h3-5,9,17,21H,6-8,10-16,19H2,1-2H3. The van der Waals surface area contributed by atoms with Gasteiger partial charge in [-0.2, -0.15) is 5.26 Å². The highest BCUT2D eigenvalue weighted by Gasteiger charge is 2.21. The predicted octanol–water partition coefficient (Wildman–Crippen LogP) is 3.25. The lowest BCUT2D eigenvalue weighted by Gasteiger charge is -2.32. The molecule has 1 amide bonds. The minimum atomic E-state index is 0.0577. The monoisotopic (exact) mass is 502 g/mol. The van der Waals surface area contributed by atoms with E-state index in [-0.39, 0.29) is 18.3 Å². The van der Waals surface area contributed by atoms with Gasteiger partial charge >= 0.3 is 0 Å². The molecule has 1 aromatic carbocycles. The number of likely N-dealkylation sites (N-methyl/N-ethyl adjacent to an activating group) is 1. The summed E-state index contributed by atoms with van der Waals surface area (Å²) in [7, 11) is 2.07. The number of aromatic nitrogens is 3. The topological polar surface area (TPSA) is 96.5 Å². The maximum Gasteiger partial charge on any atom is 0.242 e. The molecule has 2 saturated heterocycles. The summed E-state index contributed by atoms with van der Waals surface area (Å²) in [6.07, 6.45) is 5.10. The van der Waals surface area contributed by atoms with Gasteiger partial charge in [0.05, 0.1) is 12.3 Å². The van der Waals surface area contributed by atoms with E-state index < -0.39 is 0 Å². The second-order valence-corrected chi connectivity index (χ2v) is 10.0. The molecule has 9 nitrogen and oxygen atoms in total. The number of fused-ring (bicyclic) bond motifs is 1. The lowest BCUT2D eigenvalue weighted by Crippen LogP contribution is -2.48. The Labute approximate surface area is 217 Å². The summed E-state index contributed by atoms with van der Waals surface area (Å²) < 4.78 is 13.4. The van der Waals surface area contributed by atoms with Crippen molar-refractivity contribution in [2.24, 2.45) is 5.92 Å². The Morgan fingerprint density at radius 1 is 1.16 bits per heavy atom. The highest BCUT2D eigenvalue weighted by Crippen LogP contribution is 2.31. The lowest BCUT2D eigenvalue weighted by atomic mass is 9.97. The maximum atomic E-state index is 13.0. The molecular weight excluding hydrogens is 468 g/mol. The van der Waals surface area contributed by atoms with E-state index in [9.17, 15) is 10.1 Å². The summed E-state index contributed by atoms with van der Waals surface area (Å²) in [4.78, 5) is 26.1. The Balaban J connectivity index is 1.34. The molecule has 194 valence electrons. The average molecular weight is 503 g/mol. The highest BCUT2D eigenvalue weighted by atomic mass is 16.5. The van der Waals surface area contributed by atoms with Gasteiger partial charge in [-0.3, -0.25) is 4.79 Å². The first-order valence-corrected chi connectivity index (χ1v) is 13.1. The fourth-order valence-electron chi connectivity index (χ4n) is 5.09. The molecule has 2 aliphatic heterocycles. The molecule has 3 aromatic rings. The molecule has 37 heavy (non-hydrogen) atoms. The normalized spacial score (nSPS) is 17.2. The number of piperazine rings is 1. The van der Waals surface area contributed by atoms with Gasteiger partial charge in [-0.15, -0.1) is 0 Å². The molecule has 5 rings (SSSR count). The van der Waals surface area contributed by atoms with Crippen molar-refractivity contribution in [3.63, 3.8) is 0 Å². The molecule has 0 radical (unpaired) electrons. The van der Waals surface area contributed by atoms with Crippen molar-refractivity contribution in [3.8, 4) is 23.1 Å². The molecule has 0 spiro atoms. The van der Waals surface area contributed by atoms with Gasteiger partial charge < -0.3 is 23.8 Å². The SMILES string of the molecule is Cc1cc(-c2nc(C#N)nc3c2ccn3CC(=O)N2CCN(C)CC2)ccc1OCCC1CCOCC1. The van der Waals surface area contributed by atoms with Gasteiger partial charge in [0.2, 0.25) is 11.7 Å². The summed E-state index contributed by atoms with van der Waals surface area (Å²) in [5, 5.41) is 10.4. The lowest BCUT2D eigenvalue weighted by molar-refractivity contribution is -0.133. The van der Waals surface area contributed by atoms with Crippen molar-refractivity contribution < 1.29 is 14.3 Å². The van der Waals surface area contributed by atoms with Crippen LogP contribution < -0.4 is 4.74 Å². The van der Waals surface area contributed by atoms with Gasteiger partial charge in [0, 0.05) is 56.5 Å². The van der Waals surface area contributed by atoms with Crippen LogP contribution in [0.25, 0.3) is 22.3 Å². The quantitative estimate of drug-likeness (QED) is 0.489. The van der Waals surface area contributed by atoms with E-state index in [1.807, 2.05) is 46.9 Å². The van der Waals surface area contributed by atoms with Gasteiger partial charge in [0.15, 0.2) is 0 Å². The van der Waals surface area contributed by atoms with Gasteiger partial charge in [-0.25, -0.2) is 9.97 Å². The van der Waals surface area contributed by atoms with Crippen LogP contribution in [0.2, 0.25) is 0 Å². The zero-order valence-electron chi connectivity index (χ0n) is 21.7. The number of amides is 1. The number of hydrogen-bond donors (Lipinski definition) is 0. The third-order valence-corrected chi connectivity index (χ3v) is 7.45. The van der Waals surface area contributed by atoms with E-state index in [1.165, 1.54) is 0 Å². The van der Waals surface area contributed by atoms with E-state index in [1.54, 1.807) is 0 Å². The summed E-state index contributed by atoms with van der Waals surface area (Å²) in [5.74, 6) is 1.67. The number of rotatable bonds is 7. The van der Waals surface area contributed by atoms with E-state index >= 15 is 0 Å². The van der Waals surface area contributed by atoms with Crippen LogP contribution in [0, 0.1) is 24.2 Å². The molecule has 9 heteroatoms. The van der Waals surface area contributed by atoms with Gasteiger partial charge in [0.1, 0.15) is 24.0 Å². The van der Waals surface area contributed by atoms with Crippen molar-refractivity contribution in [3.05, 3.63) is 41.9 Å². The Kier molecular flexibility index (Phi) is 7.68. The molecule has 2 fully saturated rings. The number of carbonyl (C=O) groups excluding carboxylic acids is 1. The molecule has 0 atom stereocenters. The summed E-state index contributed by atoms with van der Waals surface area (Å²) in [6, 6.07) is 10.0. The van der Waals surface area contributed by atoms with E-state index in [0.717, 1.165) is 80.9 Å². The third kappa shape index (κ3) is 5.76. The van der Waals surface area contributed by atoms with E-state index in [2.05, 4.69) is 28.0 Å². The average Bonchev–Trinajstić information content (AvgIpc) is 3.32. The molecule has 0 saturated carbocycles. The Morgan fingerprint density at radius 2 is 1.95 bits per heavy atom. The number of carbonyl (C=O) groups is 1. The number of aryl methyl sites for hydroxylation is 1. The van der Waals surface area contributed by atoms with Crippen molar-refractivity contribution in [2.75, 3.05) is 53.0 Å². The number of hydrogen-bond acceptors (Lipinski definition) is 7. The number of ether oxygens (including phenoxy) is 2. The van der Waals surface area contributed by atoms with Crippen molar-refractivity contribution in [1.29, 1.82) is 5.26 Å². The van der Waals surface area contributed by atoms with Gasteiger partial charge in [-0.05, 0) is 69.0 Å². The first kappa shape index (κ1) is 25.2. The largest absolute Gasteiger partial charge is 0.493 e. The first-order valence-electron chi connectivity index (χ1n) is 13.1. The van der Waals surface area contributed by atoms with Crippen LogP contribution >= 0.6 is 0 Å². The highest BCUT2D eigenvalue weighted by molar-refractivity contribution is 5.92. The summed E-state index contributed by atoms with van der Waals surface area (Å²) in [5.41, 5.74) is 3.18. The van der Waals surface area contributed by atoms with E-state index in [0.29, 0.717) is 23.9 Å². The van der Waals surface area contributed by atoms with Crippen molar-refractivity contribution in [1.82, 2.24) is 24.3 Å². The Morgan fingerprint density at radius 3 is 2.68 bits per heavy atom. The fraction of sp³-hybridized carbons (Fsp3) is 0.500. The smallest absolute Gasteiger partial charge is 0.242 e. The molecule has 0 bridgehead atoms. The van der Waals surface area contributed by atoms with Crippen molar-refractivity contribution in [2.45, 2.75) is 32.7 Å². The van der Waals surface area contributed by atoms with Crippen LogP contribution in [-0.4, -0.2) is 83.3 Å². The fourth-order valence-corrected chi connectivity index (χ4v) is 5.09. The third-order valence-electron chi connectivity index (χ3n) is 7.45. The maximum absolute atomic E-state index is 13.0. The number of nitriles is 1. The van der Waals surface area contributed by atoms with Crippen LogP contribution in [0.1, 0.15) is 30.7 Å². The second kappa shape index (κ2) is 11.3. The predicted molar refractivity (Wildman–Crippen MR) is 140 cm³/mol. The number of benzene rings is 1. The minimum absolute atomic E-state index is 0.0577. The van der Waals surface area contributed by atoms with Crippen LogP contribution in [0.15, 0.2) is 30.5 Å². The molecule has 0 unspecified atom stereocenters. The molecule has 4 heterocycles. The molecule has 2 aliphatic rings. The molecular formula is C28H34N6O3. The Hall–Kier alpha value is -3.48. The molecule has 0 N–H and O–H groups in total. The van der Waals surface area contributed by atoms with Gasteiger partial charge in [0.25, 0.3) is 0 Å². The zero-order chi connectivity index (χ0) is 25.8. The minimum Gasteiger partial charge on any atom is -0.493 e. The summed E-state index contributed by atoms with van der Waals surface area (Å²) >= 11 is 0. The first-order chi connectivity index (χ1) is 18.0. The number of nitrogens with zero attached hydrogens (tertiary/aromatic N) is 6.